The maximum Gasteiger partial charge on any atom is 0.281 e. The molecule has 0 fully saturated rings. The normalized spacial score (nSPS) is 12.5. The Morgan fingerprint density at radius 1 is 1.08 bits per heavy atom. The van der Waals surface area contributed by atoms with Gasteiger partial charge in [-0.2, -0.15) is 0 Å². The van der Waals surface area contributed by atoms with Crippen LogP contribution in [-0.2, 0) is 13.1 Å². The van der Waals surface area contributed by atoms with E-state index in [1.165, 1.54) is 35.7 Å². The van der Waals surface area contributed by atoms with Gasteiger partial charge >= 0.3 is 0 Å². The molecule has 194 valence electrons. The van der Waals surface area contributed by atoms with E-state index in [0.717, 1.165) is 17.3 Å². The topological polar surface area (TPSA) is 123 Å². The number of hydrogen-bond donors (Lipinski definition) is 1. The molecular weight excluding hydrogens is 540 g/mol. The number of hydrogen-bond acceptors (Lipinski definition) is 9. The second kappa shape index (κ2) is 10.3. The molecule has 1 aliphatic rings. The summed E-state index contributed by atoms with van der Waals surface area (Å²) in [6.45, 7) is 2.23. The van der Waals surface area contributed by atoms with Crippen LogP contribution in [0.4, 0.5) is 13.9 Å². The van der Waals surface area contributed by atoms with Crippen molar-refractivity contribution in [2.24, 2.45) is 0 Å². The number of aromatic nitrogens is 5. The molecule has 4 aromatic heterocycles. The summed E-state index contributed by atoms with van der Waals surface area (Å²) in [5.41, 5.74) is 2.22. The monoisotopic (exact) mass is 557 g/mol. The van der Waals surface area contributed by atoms with Gasteiger partial charge in [-0.25, -0.2) is 23.7 Å². The van der Waals surface area contributed by atoms with Gasteiger partial charge in [0.05, 0.1) is 54.9 Å². The SMILES string of the molecule is COc1cnc(Cl)cc1-c1cc(C)ncc1C(=O)Nc1nc2c(s1)CN(C(=O)c1cnc(C(F)F)cn1)C2. The number of nitrogens with one attached hydrogen (secondary N) is 1. The van der Waals surface area contributed by atoms with Crippen molar-refractivity contribution >= 4 is 39.9 Å². The Balaban J connectivity index is 1.33. The summed E-state index contributed by atoms with van der Waals surface area (Å²) in [7, 11) is 1.50. The molecule has 4 aromatic rings. The van der Waals surface area contributed by atoms with Crippen LogP contribution in [0.2, 0.25) is 5.15 Å². The number of ether oxygens (including phenoxy) is 1. The first kappa shape index (κ1) is 25.5. The molecule has 1 aliphatic heterocycles. The minimum absolute atomic E-state index is 0.0378. The molecular formula is C24H18ClF2N7O3S. The van der Waals surface area contributed by atoms with Gasteiger partial charge in [0.25, 0.3) is 18.2 Å². The van der Waals surface area contributed by atoms with Gasteiger partial charge in [0.15, 0.2) is 5.13 Å². The van der Waals surface area contributed by atoms with Crippen LogP contribution in [0, 0.1) is 6.92 Å². The van der Waals surface area contributed by atoms with E-state index in [2.05, 4.69) is 30.2 Å². The zero-order valence-electron chi connectivity index (χ0n) is 19.9. The minimum atomic E-state index is -2.76. The van der Waals surface area contributed by atoms with Crippen molar-refractivity contribution in [3.63, 3.8) is 0 Å². The summed E-state index contributed by atoms with van der Waals surface area (Å²) >= 11 is 7.34. The molecule has 0 saturated carbocycles. The third kappa shape index (κ3) is 5.02. The highest BCUT2D eigenvalue weighted by Crippen LogP contribution is 2.35. The Kier molecular flexibility index (Phi) is 6.95. The molecule has 0 unspecified atom stereocenters. The lowest BCUT2D eigenvalue weighted by Gasteiger charge is -2.15. The van der Waals surface area contributed by atoms with Crippen molar-refractivity contribution in [1.82, 2.24) is 29.8 Å². The highest BCUT2D eigenvalue weighted by atomic mass is 35.5. The average Bonchev–Trinajstić information content (AvgIpc) is 3.47. The Labute approximate surface area is 223 Å². The number of nitrogens with zero attached hydrogens (tertiary/aromatic N) is 6. The highest BCUT2D eigenvalue weighted by Gasteiger charge is 2.30. The van der Waals surface area contributed by atoms with Gasteiger partial charge in [-0.05, 0) is 19.1 Å². The average molecular weight is 558 g/mol. The molecule has 1 N–H and O–H groups in total. The van der Waals surface area contributed by atoms with Crippen LogP contribution in [0.1, 0.15) is 49.2 Å². The summed E-state index contributed by atoms with van der Waals surface area (Å²) in [6, 6.07) is 3.37. The van der Waals surface area contributed by atoms with Gasteiger partial charge in [-0.15, -0.1) is 0 Å². The first-order chi connectivity index (χ1) is 18.2. The highest BCUT2D eigenvalue weighted by molar-refractivity contribution is 7.16. The van der Waals surface area contributed by atoms with Gasteiger partial charge in [-0.3, -0.25) is 24.9 Å². The number of carbonyl (C=O) groups is 2. The van der Waals surface area contributed by atoms with E-state index in [4.69, 9.17) is 16.3 Å². The van der Waals surface area contributed by atoms with E-state index >= 15 is 0 Å². The molecule has 0 aromatic carbocycles. The molecule has 0 aliphatic carbocycles. The number of thiazole rings is 1. The smallest absolute Gasteiger partial charge is 0.281 e. The summed E-state index contributed by atoms with van der Waals surface area (Å²) in [6.07, 6.45) is 2.11. The van der Waals surface area contributed by atoms with E-state index in [0.29, 0.717) is 33.4 Å². The number of pyridine rings is 2. The van der Waals surface area contributed by atoms with Crippen molar-refractivity contribution in [2.75, 3.05) is 12.4 Å². The fourth-order valence-corrected chi connectivity index (χ4v) is 5.02. The molecule has 2 amide bonds. The van der Waals surface area contributed by atoms with Crippen molar-refractivity contribution in [3.05, 3.63) is 75.3 Å². The third-order valence-electron chi connectivity index (χ3n) is 5.70. The quantitative estimate of drug-likeness (QED) is 0.338. The largest absolute Gasteiger partial charge is 0.494 e. The maximum atomic E-state index is 13.3. The molecule has 38 heavy (non-hydrogen) atoms. The predicted molar refractivity (Wildman–Crippen MR) is 134 cm³/mol. The van der Waals surface area contributed by atoms with Gasteiger partial charge in [0.2, 0.25) is 0 Å². The van der Waals surface area contributed by atoms with Crippen LogP contribution >= 0.6 is 22.9 Å². The number of halogens is 3. The zero-order chi connectivity index (χ0) is 27.0. The first-order valence-corrected chi connectivity index (χ1v) is 12.3. The van der Waals surface area contributed by atoms with Gasteiger partial charge < -0.3 is 9.64 Å². The van der Waals surface area contributed by atoms with Gasteiger partial charge in [-0.1, -0.05) is 22.9 Å². The van der Waals surface area contributed by atoms with Crippen LogP contribution in [-0.4, -0.2) is 48.7 Å². The van der Waals surface area contributed by atoms with Gasteiger partial charge in [0.1, 0.15) is 22.3 Å². The molecule has 10 nitrogen and oxygen atoms in total. The zero-order valence-corrected chi connectivity index (χ0v) is 21.5. The van der Waals surface area contributed by atoms with E-state index in [1.807, 2.05) is 0 Å². The van der Waals surface area contributed by atoms with Crippen molar-refractivity contribution in [1.29, 1.82) is 0 Å². The van der Waals surface area contributed by atoms with Crippen LogP contribution in [0.5, 0.6) is 5.75 Å². The third-order valence-corrected chi connectivity index (χ3v) is 6.91. The summed E-state index contributed by atoms with van der Waals surface area (Å²) in [4.78, 5) is 48.4. The molecule has 14 heteroatoms. The van der Waals surface area contributed by atoms with Crippen LogP contribution in [0.3, 0.4) is 0 Å². The number of carbonyl (C=O) groups excluding carboxylic acids is 2. The lowest BCUT2D eigenvalue weighted by Crippen LogP contribution is -2.26. The summed E-state index contributed by atoms with van der Waals surface area (Å²) in [5.74, 6) is -0.438. The van der Waals surface area contributed by atoms with Crippen LogP contribution < -0.4 is 10.1 Å². The Bertz CT molecular complexity index is 1530. The maximum absolute atomic E-state index is 13.3. The lowest BCUT2D eigenvalue weighted by atomic mass is 10.0. The summed E-state index contributed by atoms with van der Waals surface area (Å²) < 4.78 is 30.8. The molecule has 0 spiro atoms. The Hall–Kier alpha value is -4.10. The Morgan fingerprint density at radius 3 is 2.58 bits per heavy atom. The van der Waals surface area contributed by atoms with E-state index < -0.39 is 23.9 Å². The molecule has 0 radical (unpaired) electrons. The van der Waals surface area contributed by atoms with E-state index in [-0.39, 0.29) is 29.5 Å². The number of fused-ring (bicyclic) bond motifs is 1. The van der Waals surface area contributed by atoms with Crippen molar-refractivity contribution in [3.8, 4) is 16.9 Å². The second-order valence-electron chi connectivity index (χ2n) is 8.21. The van der Waals surface area contributed by atoms with Crippen molar-refractivity contribution < 1.29 is 23.1 Å². The van der Waals surface area contributed by atoms with E-state index in [1.54, 1.807) is 19.1 Å². The number of rotatable bonds is 6. The number of amides is 2. The fraction of sp³-hybridized carbons (Fsp3) is 0.208. The molecule has 5 rings (SSSR count). The van der Waals surface area contributed by atoms with Crippen LogP contribution in [0.25, 0.3) is 11.1 Å². The second-order valence-corrected chi connectivity index (χ2v) is 9.68. The standard InChI is InChI=1S/C24H18ClF2N7O3S/c1-11-3-12(13-4-20(25)31-8-18(13)37-2)14(5-28-11)22(35)33-24-32-17-9-34(10-19(17)38-24)23(36)16-7-29-15(6-30-16)21(26)27/h3-8,21H,9-10H2,1-2H3,(H,32,33,35). The number of alkyl halides is 2. The minimum Gasteiger partial charge on any atom is -0.494 e. The van der Waals surface area contributed by atoms with Gasteiger partial charge in [0, 0.05) is 23.0 Å². The number of methoxy groups -OCH3 is 1. The van der Waals surface area contributed by atoms with Crippen LogP contribution in [0.15, 0.2) is 36.9 Å². The molecule has 5 heterocycles. The number of anilines is 1. The lowest BCUT2D eigenvalue weighted by molar-refractivity contribution is 0.0743. The molecule has 0 saturated heterocycles. The first-order valence-electron chi connectivity index (χ1n) is 11.1. The predicted octanol–water partition coefficient (Wildman–Crippen LogP) is 4.71. The fourth-order valence-electron chi connectivity index (χ4n) is 3.88. The molecule has 0 bridgehead atoms. The van der Waals surface area contributed by atoms with Crippen molar-refractivity contribution in [2.45, 2.75) is 26.4 Å². The van der Waals surface area contributed by atoms with E-state index in [9.17, 15) is 18.4 Å². The summed E-state index contributed by atoms with van der Waals surface area (Å²) in [5, 5.41) is 3.41. The number of aryl methyl sites for hydroxylation is 1. The Morgan fingerprint density at radius 2 is 1.89 bits per heavy atom. The molecule has 0 atom stereocenters.